The maximum Gasteiger partial charge on any atom is 0.191 e. The van der Waals surface area contributed by atoms with Crippen molar-refractivity contribution >= 4 is 29.9 Å². The van der Waals surface area contributed by atoms with E-state index in [1.165, 1.54) is 16.7 Å². The lowest BCUT2D eigenvalue weighted by Crippen LogP contribution is -2.44. The van der Waals surface area contributed by atoms with Crippen molar-refractivity contribution in [3.05, 3.63) is 65.2 Å². The maximum atomic E-state index is 5.96. The number of aliphatic imine (C=N–C) groups is 1. The summed E-state index contributed by atoms with van der Waals surface area (Å²) in [5.41, 5.74) is 4.23. The molecule has 0 saturated carbocycles. The number of halogens is 1. The Labute approximate surface area is 166 Å². The fourth-order valence-electron chi connectivity index (χ4n) is 3.56. The van der Waals surface area contributed by atoms with Crippen molar-refractivity contribution in [2.24, 2.45) is 4.99 Å². The summed E-state index contributed by atoms with van der Waals surface area (Å²) in [6.07, 6.45) is 2.28. The normalized spacial score (nSPS) is 20.4. The molecule has 25 heavy (non-hydrogen) atoms. The van der Waals surface area contributed by atoms with E-state index in [1.54, 1.807) is 0 Å². The number of guanidine groups is 1. The molecule has 4 nitrogen and oxygen atoms in total. The second-order valence-electron chi connectivity index (χ2n) is 6.49. The Bertz CT molecular complexity index is 737. The predicted molar refractivity (Wildman–Crippen MR) is 112 cm³/mol. The smallest absolute Gasteiger partial charge is 0.191 e. The number of fused-ring (bicyclic) bond motifs is 2. The molecule has 5 heteroatoms. The fourth-order valence-corrected chi connectivity index (χ4v) is 3.56. The summed E-state index contributed by atoms with van der Waals surface area (Å²) in [6, 6.07) is 16.9. The first-order valence-electron chi connectivity index (χ1n) is 8.60. The van der Waals surface area contributed by atoms with E-state index in [1.807, 2.05) is 19.2 Å². The molecule has 2 aliphatic rings. The van der Waals surface area contributed by atoms with Crippen molar-refractivity contribution in [2.45, 2.75) is 24.9 Å². The van der Waals surface area contributed by atoms with Crippen LogP contribution < -0.4 is 15.4 Å². The van der Waals surface area contributed by atoms with Gasteiger partial charge in [0.05, 0.1) is 6.54 Å². The summed E-state index contributed by atoms with van der Waals surface area (Å²) >= 11 is 0. The van der Waals surface area contributed by atoms with Gasteiger partial charge in [0.2, 0.25) is 0 Å². The highest BCUT2D eigenvalue weighted by Gasteiger charge is 2.26. The molecule has 132 valence electrons. The third-order valence-corrected chi connectivity index (χ3v) is 4.91. The highest BCUT2D eigenvalue weighted by molar-refractivity contribution is 14.0. The number of rotatable bonds is 4. The Morgan fingerprint density at radius 1 is 1.00 bits per heavy atom. The van der Waals surface area contributed by atoms with Gasteiger partial charge in [0.1, 0.15) is 11.9 Å². The van der Waals surface area contributed by atoms with Gasteiger partial charge in [0, 0.05) is 25.9 Å². The van der Waals surface area contributed by atoms with Crippen LogP contribution in [0.25, 0.3) is 0 Å². The quantitative estimate of drug-likeness (QED) is 0.429. The lowest BCUT2D eigenvalue weighted by molar-refractivity contribution is 0.235. The summed E-state index contributed by atoms with van der Waals surface area (Å²) in [7, 11) is 1.81. The van der Waals surface area contributed by atoms with Gasteiger partial charge in [-0.15, -0.1) is 24.0 Å². The number of nitrogens with zero attached hydrogens (tertiary/aromatic N) is 1. The summed E-state index contributed by atoms with van der Waals surface area (Å²) in [5.74, 6) is 2.45. The van der Waals surface area contributed by atoms with Crippen molar-refractivity contribution < 1.29 is 4.74 Å². The number of ether oxygens (including phenoxy) is 1. The monoisotopic (exact) mass is 449 g/mol. The van der Waals surface area contributed by atoms with Gasteiger partial charge in [-0.05, 0) is 29.2 Å². The molecule has 2 N–H and O–H groups in total. The van der Waals surface area contributed by atoms with Crippen molar-refractivity contribution in [3.63, 3.8) is 0 Å². The van der Waals surface area contributed by atoms with E-state index >= 15 is 0 Å². The third kappa shape index (κ3) is 3.92. The number of para-hydroxylation sites is 1. The van der Waals surface area contributed by atoms with Crippen LogP contribution in [-0.2, 0) is 12.8 Å². The van der Waals surface area contributed by atoms with Crippen LogP contribution in [0.15, 0.2) is 53.5 Å². The predicted octanol–water partition coefficient (Wildman–Crippen LogP) is 3.11. The van der Waals surface area contributed by atoms with Gasteiger partial charge in [-0.2, -0.15) is 0 Å². The van der Waals surface area contributed by atoms with E-state index in [0.717, 1.165) is 37.6 Å². The largest absolute Gasteiger partial charge is 0.488 e. The van der Waals surface area contributed by atoms with Gasteiger partial charge < -0.3 is 15.4 Å². The molecule has 2 aromatic rings. The van der Waals surface area contributed by atoms with Gasteiger partial charge in [0.15, 0.2) is 5.96 Å². The second kappa shape index (κ2) is 8.08. The van der Waals surface area contributed by atoms with Crippen molar-refractivity contribution in [1.29, 1.82) is 0 Å². The van der Waals surface area contributed by atoms with Crippen molar-refractivity contribution in [1.82, 2.24) is 10.6 Å². The standard InChI is InChI=1S/C20H23N3O.HI/c1-21-20(22-12-16-10-14-6-2-4-8-18(14)16)23-13-17-11-15-7-3-5-9-19(15)24-17;/h2-9,16-17H,10-13H2,1H3,(H2,21,22,23);1H. The molecule has 1 aliphatic carbocycles. The summed E-state index contributed by atoms with van der Waals surface area (Å²) in [6.45, 7) is 1.68. The van der Waals surface area contributed by atoms with Gasteiger partial charge in [0.25, 0.3) is 0 Å². The molecule has 0 saturated heterocycles. The number of hydrogen-bond acceptors (Lipinski definition) is 2. The van der Waals surface area contributed by atoms with Crippen LogP contribution in [0.2, 0.25) is 0 Å². The van der Waals surface area contributed by atoms with E-state index in [0.29, 0.717) is 5.92 Å². The molecule has 1 heterocycles. The van der Waals surface area contributed by atoms with Crippen LogP contribution in [0.5, 0.6) is 5.75 Å². The highest BCUT2D eigenvalue weighted by Crippen LogP contribution is 2.34. The molecule has 2 aromatic carbocycles. The molecule has 0 bridgehead atoms. The average Bonchev–Trinajstić information content (AvgIpc) is 3.01. The van der Waals surface area contributed by atoms with Crippen LogP contribution >= 0.6 is 24.0 Å². The molecular weight excluding hydrogens is 425 g/mol. The van der Waals surface area contributed by atoms with Crippen molar-refractivity contribution in [3.8, 4) is 5.75 Å². The van der Waals surface area contributed by atoms with Crippen LogP contribution in [0, 0.1) is 0 Å². The molecule has 2 unspecified atom stereocenters. The van der Waals surface area contributed by atoms with Crippen molar-refractivity contribution in [2.75, 3.05) is 20.1 Å². The SMILES string of the molecule is CN=C(NCC1Cc2ccccc2O1)NCC1Cc2ccccc21.I. The van der Waals surface area contributed by atoms with Gasteiger partial charge in [-0.3, -0.25) is 4.99 Å². The minimum absolute atomic E-state index is 0. The van der Waals surface area contributed by atoms with Gasteiger partial charge in [-0.25, -0.2) is 0 Å². The molecule has 0 spiro atoms. The van der Waals surface area contributed by atoms with E-state index in [4.69, 9.17) is 4.74 Å². The zero-order valence-corrected chi connectivity index (χ0v) is 16.7. The first kappa shape index (κ1) is 18.0. The minimum atomic E-state index is 0. The molecule has 2 atom stereocenters. The van der Waals surface area contributed by atoms with Gasteiger partial charge >= 0.3 is 0 Å². The fraction of sp³-hybridized carbons (Fsp3) is 0.350. The molecule has 4 rings (SSSR count). The van der Waals surface area contributed by atoms with E-state index < -0.39 is 0 Å². The Hall–Kier alpha value is -1.76. The average molecular weight is 449 g/mol. The van der Waals surface area contributed by atoms with Gasteiger partial charge in [-0.1, -0.05) is 42.5 Å². The Morgan fingerprint density at radius 3 is 2.48 bits per heavy atom. The summed E-state index contributed by atoms with van der Waals surface area (Å²) in [4.78, 5) is 4.32. The summed E-state index contributed by atoms with van der Waals surface area (Å²) < 4.78 is 5.96. The Morgan fingerprint density at radius 2 is 1.72 bits per heavy atom. The number of nitrogens with one attached hydrogen (secondary N) is 2. The van der Waals surface area contributed by atoms with E-state index in [-0.39, 0.29) is 30.1 Å². The Balaban J connectivity index is 0.00000182. The molecular formula is C20H24IN3O. The van der Waals surface area contributed by atoms with Crippen LogP contribution in [0.1, 0.15) is 22.6 Å². The molecule has 0 fully saturated rings. The van der Waals surface area contributed by atoms with E-state index in [9.17, 15) is 0 Å². The lowest BCUT2D eigenvalue weighted by atomic mass is 9.78. The Kier molecular flexibility index (Phi) is 5.83. The first-order chi connectivity index (χ1) is 11.8. The maximum absolute atomic E-state index is 5.96. The van der Waals surface area contributed by atoms with Crippen LogP contribution in [-0.4, -0.2) is 32.2 Å². The van der Waals surface area contributed by atoms with E-state index in [2.05, 4.69) is 52.0 Å². The topological polar surface area (TPSA) is 45.7 Å². The third-order valence-electron chi connectivity index (χ3n) is 4.91. The molecule has 1 aliphatic heterocycles. The zero-order valence-electron chi connectivity index (χ0n) is 14.4. The lowest BCUT2D eigenvalue weighted by Gasteiger charge is -2.30. The number of benzene rings is 2. The van der Waals surface area contributed by atoms with Crippen LogP contribution in [0.4, 0.5) is 0 Å². The van der Waals surface area contributed by atoms with Crippen LogP contribution in [0.3, 0.4) is 0 Å². The first-order valence-corrected chi connectivity index (χ1v) is 8.60. The second-order valence-corrected chi connectivity index (χ2v) is 6.49. The number of hydrogen-bond donors (Lipinski definition) is 2. The summed E-state index contributed by atoms with van der Waals surface area (Å²) in [5, 5.41) is 6.83. The molecule has 0 aromatic heterocycles. The zero-order chi connectivity index (χ0) is 16.4. The highest BCUT2D eigenvalue weighted by atomic mass is 127. The molecule has 0 radical (unpaired) electrons. The molecule has 0 amide bonds. The minimum Gasteiger partial charge on any atom is -0.488 e.